The summed E-state index contributed by atoms with van der Waals surface area (Å²) in [6.07, 6.45) is 2.15. The molecule has 0 radical (unpaired) electrons. The number of amides is 2. The van der Waals surface area contributed by atoms with Crippen LogP contribution in [-0.4, -0.2) is 54.4 Å². The summed E-state index contributed by atoms with van der Waals surface area (Å²) in [5.74, 6) is 0.371. The van der Waals surface area contributed by atoms with Gasteiger partial charge in [0.15, 0.2) is 5.82 Å². The molecule has 2 rings (SSSR count). The first-order chi connectivity index (χ1) is 10.5. The van der Waals surface area contributed by atoms with Crippen molar-refractivity contribution in [2.45, 2.75) is 0 Å². The van der Waals surface area contributed by atoms with Crippen molar-refractivity contribution >= 4 is 23.8 Å². The zero-order valence-corrected chi connectivity index (χ0v) is 12.0. The highest BCUT2D eigenvalue weighted by molar-refractivity contribution is 5.83. The van der Waals surface area contributed by atoms with Gasteiger partial charge in [-0.15, -0.1) is 9.72 Å². The second-order valence-electron chi connectivity index (χ2n) is 4.19. The number of nitrogens with one attached hydrogen (secondary N) is 1. The van der Waals surface area contributed by atoms with Gasteiger partial charge in [0.05, 0.1) is 14.2 Å². The van der Waals surface area contributed by atoms with Gasteiger partial charge in [0.25, 0.3) is 5.62 Å². The number of carbonyl (C=O) groups excluding carboxylic acids is 2. The Bertz CT molecular complexity index is 673. The summed E-state index contributed by atoms with van der Waals surface area (Å²) in [4.78, 5) is 32.0. The number of hydrogen-bond donors (Lipinski definition) is 2. The van der Waals surface area contributed by atoms with Crippen LogP contribution >= 0.6 is 0 Å². The molecule has 0 aromatic carbocycles. The van der Waals surface area contributed by atoms with E-state index < -0.39 is 12.2 Å². The van der Waals surface area contributed by atoms with Gasteiger partial charge in [0, 0.05) is 19.2 Å². The van der Waals surface area contributed by atoms with Gasteiger partial charge >= 0.3 is 12.2 Å². The zero-order chi connectivity index (χ0) is 16.1. The van der Waals surface area contributed by atoms with E-state index in [1.165, 1.54) is 13.2 Å². The Labute approximate surface area is 125 Å². The highest BCUT2D eigenvalue weighted by Gasteiger charge is 2.15. The maximum absolute atomic E-state index is 11.3. The second kappa shape index (κ2) is 6.61. The number of carbonyl (C=O) groups is 2. The van der Waals surface area contributed by atoms with E-state index in [9.17, 15) is 14.8 Å². The molecule has 10 heteroatoms. The SMILES string of the molecule is COC(=O)/N=c1/nc(N2CC=CC2)cc(NC(=O)OC)n1O. The minimum atomic E-state index is -0.934. The van der Waals surface area contributed by atoms with Crippen LogP contribution in [0.25, 0.3) is 0 Å². The number of rotatable bonds is 2. The fourth-order valence-electron chi connectivity index (χ4n) is 1.74. The molecule has 0 fully saturated rings. The Morgan fingerprint density at radius 3 is 2.59 bits per heavy atom. The first-order valence-electron chi connectivity index (χ1n) is 6.26. The summed E-state index contributed by atoms with van der Waals surface area (Å²) in [7, 11) is 2.33. The van der Waals surface area contributed by atoms with Crippen molar-refractivity contribution in [1.29, 1.82) is 0 Å². The van der Waals surface area contributed by atoms with Crippen molar-refractivity contribution in [3.8, 4) is 0 Å². The summed E-state index contributed by atoms with van der Waals surface area (Å²) in [5, 5.41) is 12.3. The van der Waals surface area contributed by atoms with Gasteiger partial charge in [-0.05, 0) is 0 Å². The van der Waals surface area contributed by atoms with Crippen LogP contribution in [-0.2, 0) is 9.47 Å². The number of methoxy groups -OCH3 is 2. The third-order valence-electron chi connectivity index (χ3n) is 2.82. The summed E-state index contributed by atoms with van der Waals surface area (Å²) in [6.45, 7) is 1.22. The molecule has 0 aliphatic carbocycles. The molecule has 0 atom stereocenters. The molecule has 0 saturated heterocycles. The van der Waals surface area contributed by atoms with Crippen LogP contribution in [0.15, 0.2) is 23.2 Å². The van der Waals surface area contributed by atoms with Gasteiger partial charge in [-0.3, -0.25) is 5.32 Å². The number of hydrogen-bond acceptors (Lipinski definition) is 7. The first-order valence-corrected chi connectivity index (χ1v) is 6.26. The lowest BCUT2D eigenvalue weighted by molar-refractivity contribution is 0.160. The van der Waals surface area contributed by atoms with Crippen LogP contribution in [0.3, 0.4) is 0 Å². The van der Waals surface area contributed by atoms with E-state index in [4.69, 9.17) is 0 Å². The molecule has 118 valence electrons. The molecule has 1 aromatic heterocycles. The average molecular weight is 309 g/mol. The van der Waals surface area contributed by atoms with E-state index in [1.807, 2.05) is 17.1 Å². The van der Waals surface area contributed by atoms with Gasteiger partial charge in [-0.25, -0.2) is 9.59 Å². The van der Waals surface area contributed by atoms with Crippen LogP contribution < -0.4 is 15.8 Å². The highest BCUT2D eigenvalue weighted by Crippen LogP contribution is 2.16. The summed E-state index contributed by atoms with van der Waals surface area (Å²) >= 11 is 0. The summed E-state index contributed by atoms with van der Waals surface area (Å²) in [5.41, 5.74) is -0.331. The van der Waals surface area contributed by atoms with Gasteiger partial charge in [0.1, 0.15) is 5.82 Å². The fraction of sp³-hybridized carbons (Fsp3) is 0.333. The fourth-order valence-corrected chi connectivity index (χ4v) is 1.74. The molecular formula is C12H15N5O5. The van der Waals surface area contributed by atoms with Crippen molar-refractivity contribution in [2.75, 3.05) is 37.5 Å². The van der Waals surface area contributed by atoms with Crippen molar-refractivity contribution < 1.29 is 24.3 Å². The smallest absolute Gasteiger partial charge is 0.436 e. The Hall–Kier alpha value is -3.04. The first kappa shape index (κ1) is 15.4. The molecule has 22 heavy (non-hydrogen) atoms. The Kier molecular flexibility index (Phi) is 4.61. The van der Waals surface area contributed by atoms with Crippen LogP contribution in [0.4, 0.5) is 21.2 Å². The highest BCUT2D eigenvalue weighted by atomic mass is 16.5. The van der Waals surface area contributed by atoms with Crippen molar-refractivity contribution in [3.05, 3.63) is 23.8 Å². The van der Waals surface area contributed by atoms with E-state index in [0.29, 0.717) is 23.6 Å². The van der Waals surface area contributed by atoms with Crippen LogP contribution in [0, 0.1) is 0 Å². The molecule has 1 aliphatic heterocycles. The number of anilines is 2. The van der Waals surface area contributed by atoms with Gasteiger partial charge in [-0.2, -0.15) is 4.98 Å². The minimum Gasteiger partial charge on any atom is -0.453 e. The van der Waals surface area contributed by atoms with Crippen molar-refractivity contribution in [2.24, 2.45) is 4.99 Å². The standard InChI is InChI=1S/C12H15N5O5/c1-21-11(18)14-9-7-8(16-5-3-4-6-16)13-10(17(9)20)15-12(19)22-2/h3-4,7,20H,5-6H2,1-2H3,(H,14,18)/b15-10-. The molecule has 2 N–H and O–H groups in total. The molecule has 2 heterocycles. The maximum Gasteiger partial charge on any atom is 0.436 e. The largest absolute Gasteiger partial charge is 0.453 e. The Morgan fingerprint density at radius 1 is 1.32 bits per heavy atom. The van der Waals surface area contributed by atoms with Gasteiger partial charge in [0.2, 0.25) is 0 Å². The third-order valence-corrected chi connectivity index (χ3v) is 2.82. The van der Waals surface area contributed by atoms with Crippen molar-refractivity contribution in [1.82, 2.24) is 9.71 Å². The number of aromatic nitrogens is 2. The van der Waals surface area contributed by atoms with E-state index in [0.717, 1.165) is 7.11 Å². The minimum absolute atomic E-state index is 0.0496. The third kappa shape index (κ3) is 3.34. The molecule has 0 spiro atoms. The van der Waals surface area contributed by atoms with E-state index >= 15 is 0 Å². The van der Waals surface area contributed by atoms with Gasteiger partial charge in [-0.1, -0.05) is 12.2 Å². The lowest BCUT2D eigenvalue weighted by Gasteiger charge is -2.18. The van der Waals surface area contributed by atoms with E-state index in [-0.39, 0.29) is 11.4 Å². The molecule has 1 aliphatic rings. The molecular weight excluding hydrogens is 294 g/mol. The van der Waals surface area contributed by atoms with Crippen LogP contribution in [0.5, 0.6) is 0 Å². The molecule has 1 aromatic rings. The molecule has 0 unspecified atom stereocenters. The lowest BCUT2D eigenvalue weighted by Crippen LogP contribution is -2.32. The second-order valence-corrected chi connectivity index (χ2v) is 4.19. The van der Waals surface area contributed by atoms with Crippen LogP contribution in [0.1, 0.15) is 0 Å². The Balaban J connectivity index is 2.49. The number of nitrogens with zero attached hydrogens (tertiary/aromatic N) is 4. The quantitative estimate of drug-likeness (QED) is 0.597. The van der Waals surface area contributed by atoms with Gasteiger partial charge < -0.3 is 19.6 Å². The maximum atomic E-state index is 11.3. The molecule has 0 saturated carbocycles. The Morgan fingerprint density at radius 2 is 2.00 bits per heavy atom. The average Bonchev–Trinajstić information content (AvgIpc) is 3.05. The normalized spacial score (nSPS) is 14.1. The zero-order valence-electron chi connectivity index (χ0n) is 12.0. The predicted molar refractivity (Wildman–Crippen MR) is 74.8 cm³/mol. The topological polar surface area (TPSA) is 118 Å². The molecule has 10 nitrogen and oxygen atoms in total. The summed E-state index contributed by atoms with van der Waals surface area (Å²) < 4.78 is 9.34. The van der Waals surface area contributed by atoms with Crippen LogP contribution in [0.2, 0.25) is 0 Å². The van der Waals surface area contributed by atoms with E-state index in [1.54, 1.807) is 0 Å². The lowest BCUT2D eigenvalue weighted by atomic mass is 10.4. The van der Waals surface area contributed by atoms with E-state index in [2.05, 4.69) is 24.8 Å². The summed E-state index contributed by atoms with van der Waals surface area (Å²) in [6, 6.07) is 1.43. The van der Waals surface area contributed by atoms with Crippen molar-refractivity contribution in [3.63, 3.8) is 0 Å². The molecule has 2 amide bonds. The predicted octanol–water partition coefficient (Wildman–Crippen LogP) is 0.342. The number of ether oxygens (including phenoxy) is 2. The monoisotopic (exact) mass is 309 g/mol. The molecule has 0 bridgehead atoms.